The molecule has 0 bridgehead atoms. The average molecular weight is 115 g/mol. The summed E-state index contributed by atoms with van der Waals surface area (Å²) in [5.74, 6) is 2.33. The Morgan fingerprint density at radius 3 is 2.57 bits per heavy atom. The normalized spacial score (nSPS) is 8.86. The smallest absolute Gasteiger partial charge is 0.115 e. The molecule has 0 atom stereocenters. The largest absolute Gasteiger partial charge is 0.195 e. The Morgan fingerprint density at radius 2 is 2.14 bits per heavy atom. The second kappa shape index (κ2) is 6.53. The molecule has 1 radical (unpaired) electrons. The molecule has 0 aromatic heterocycles. The van der Waals surface area contributed by atoms with Crippen LogP contribution >= 0.6 is 0 Å². The molecule has 0 spiro atoms. The Balaban J connectivity index is 0. The summed E-state index contributed by atoms with van der Waals surface area (Å²) in [5, 5.41) is 1.51. The fourth-order valence-corrected chi connectivity index (χ4v) is 1.30. The van der Waals surface area contributed by atoms with Gasteiger partial charge in [0.05, 0.1) is 0 Å². The minimum Gasteiger partial charge on any atom is -0.115 e. The van der Waals surface area contributed by atoms with E-state index in [-0.39, 0.29) is 1.43 Å². The van der Waals surface area contributed by atoms with E-state index in [4.69, 9.17) is 0 Å². The van der Waals surface area contributed by atoms with Crippen molar-refractivity contribution in [3.63, 3.8) is 0 Å². The molecule has 0 unspecified atom stereocenters. The van der Waals surface area contributed by atoms with E-state index in [9.17, 15) is 0 Å². The molecular weight excluding hydrogens is 99.0 g/mol. The van der Waals surface area contributed by atoms with Gasteiger partial charge >= 0.3 is 0 Å². The second-order valence-electron chi connectivity index (χ2n) is 1.90. The first-order valence-corrected chi connectivity index (χ1v) is 5.16. The van der Waals surface area contributed by atoms with Crippen LogP contribution in [0.4, 0.5) is 0 Å². The molecule has 1 heteroatoms. The van der Waals surface area contributed by atoms with E-state index in [1.165, 1.54) is 24.5 Å². The predicted octanol–water partition coefficient (Wildman–Crippen LogP) is 2.59. The Kier molecular flexibility index (Phi) is 7.03. The summed E-state index contributed by atoms with van der Waals surface area (Å²) in [6, 6.07) is 0. The Labute approximate surface area is 54.5 Å². The molecule has 0 aromatic carbocycles. The van der Waals surface area contributed by atoms with Gasteiger partial charge in [-0.3, -0.25) is 0 Å². The maximum atomic E-state index is 2.33. The summed E-state index contributed by atoms with van der Waals surface area (Å²) in [5.41, 5.74) is 0. The molecule has 0 amide bonds. The average Bonchev–Trinajstić information content (AvgIpc) is 1.69. The molecule has 0 rings (SSSR count). The third kappa shape index (κ3) is 6.53. The minimum absolute atomic E-state index is 0. The van der Waals surface area contributed by atoms with Crippen molar-refractivity contribution in [3.05, 3.63) is 0 Å². The number of rotatable bonds is 4. The van der Waals surface area contributed by atoms with Crippen LogP contribution in [0, 0.1) is 0 Å². The van der Waals surface area contributed by atoms with E-state index in [1.54, 1.807) is 0 Å². The Morgan fingerprint density at radius 1 is 1.43 bits per heavy atom. The zero-order valence-electron chi connectivity index (χ0n) is 5.41. The van der Waals surface area contributed by atoms with Crippen molar-refractivity contribution in [1.29, 1.82) is 0 Å². The quantitative estimate of drug-likeness (QED) is 0.390. The lowest BCUT2D eigenvalue weighted by Gasteiger charge is -1.89. The van der Waals surface area contributed by atoms with Crippen molar-refractivity contribution < 1.29 is 1.43 Å². The molecule has 0 nitrogen and oxygen atoms in total. The summed E-state index contributed by atoms with van der Waals surface area (Å²) in [4.78, 5) is 0. The fraction of sp³-hybridized carbons (Fsp3) is 1.00. The van der Waals surface area contributed by atoms with Crippen LogP contribution in [0.15, 0.2) is 0 Å². The molecule has 0 saturated heterocycles. The van der Waals surface area contributed by atoms with Crippen molar-refractivity contribution in [3.8, 4) is 0 Å². The van der Waals surface area contributed by atoms with Gasteiger partial charge in [-0.2, -0.15) is 0 Å². The first-order valence-electron chi connectivity index (χ1n) is 3.19. The van der Waals surface area contributed by atoms with Crippen LogP contribution in [0.1, 0.15) is 27.6 Å². The number of hydrogen-bond donors (Lipinski definition) is 0. The van der Waals surface area contributed by atoms with E-state index in [0.717, 1.165) is 15.2 Å². The van der Waals surface area contributed by atoms with Crippen LogP contribution in [0.2, 0.25) is 11.1 Å². The summed E-state index contributed by atoms with van der Waals surface area (Å²) in [6.07, 6.45) is 4.29. The topological polar surface area (TPSA) is 0 Å². The van der Waals surface area contributed by atoms with Crippen molar-refractivity contribution in [2.24, 2.45) is 0 Å². The van der Waals surface area contributed by atoms with Crippen LogP contribution in [0.25, 0.3) is 0 Å². The van der Waals surface area contributed by atoms with Gasteiger partial charge in [0.2, 0.25) is 0 Å². The van der Waals surface area contributed by atoms with Crippen LogP contribution in [-0.4, -0.2) is 15.2 Å². The molecule has 0 aliphatic heterocycles. The van der Waals surface area contributed by atoms with E-state index in [0.29, 0.717) is 0 Å². The molecule has 0 saturated carbocycles. The second-order valence-corrected chi connectivity index (χ2v) is 3.30. The molecule has 0 aliphatic rings. The maximum absolute atomic E-state index is 2.33. The monoisotopic (exact) mass is 115 g/mol. The van der Waals surface area contributed by atoms with Crippen molar-refractivity contribution in [2.75, 3.05) is 0 Å². The highest BCUT2D eigenvalue weighted by atomic mass is 27.1. The van der Waals surface area contributed by atoms with Gasteiger partial charge in [-0.15, -0.1) is 11.1 Å². The molecule has 0 aliphatic carbocycles. The zero-order valence-corrected chi connectivity index (χ0v) is 6.56. The fourth-order valence-electron chi connectivity index (χ4n) is 0.598. The van der Waals surface area contributed by atoms with E-state index in [1.807, 2.05) is 0 Å². The number of unbranched alkanes of at least 4 members (excludes halogenated alkanes) is 2. The molecule has 7 heavy (non-hydrogen) atoms. The van der Waals surface area contributed by atoms with Gasteiger partial charge in [0.25, 0.3) is 0 Å². The first kappa shape index (κ1) is 7.53. The van der Waals surface area contributed by atoms with Crippen LogP contribution in [0.5, 0.6) is 0 Å². The first-order chi connectivity index (χ1) is 3.41. The Hall–Kier alpha value is 0.532. The highest BCUT2D eigenvalue weighted by Crippen LogP contribution is 1.97. The highest BCUT2D eigenvalue weighted by Gasteiger charge is 1.82. The highest BCUT2D eigenvalue weighted by molar-refractivity contribution is 6.33. The molecular formula is C6H16Al. The molecule has 0 fully saturated rings. The van der Waals surface area contributed by atoms with Gasteiger partial charge in [0.15, 0.2) is 15.2 Å². The van der Waals surface area contributed by atoms with Crippen LogP contribution in [0.3, 0.4) is 0 Å². The molecule has 0 heterocycles. The lowest BCUT2D eigenvalue weighted by atomic mass is 10.3. The zero-order chi connectivity index (χ0) is 5.54. The van der Waals surface area contributed by atoms with E-state index < -0.39 is 0 Å². The summed E-state index contributed by atoms with van der Waals surface area (Å²) < 4.78 is 0. The van der Waals surface area contributed by atoms with Crippen molar-refractivity contribution in [2.45, 2.75) is 37.3 Å². The van der Waals surface area contributed by atoms with E-state index in [2.05, 4.69) is 12.7 Å². The third-order valence-corrected chi connectivity index (χ3v) is 2.08. The van der Waals surface area contributed by atoms with Gasteiger partial charge in [-0.25, -0.2) is 0 Å². The van der Waals surface area contributed by atoms with Crippen LogP contribution in [-0.2, 0) is 0 Å². The van der Waals surface area contributed by atoms with Crippen LogP contribution < -0.4 is 0 Å². The lowest BCUT2D eigenvalue weighted by Crippen LogP contribution is -1.79. The van der Waals surface area contributed by atoms with Gasteiger partial charge in [-0.05, 0) is 0 Å². The predicted molar refractivity (Wildman–Crippen MR) is 38.1 cm³/mol. The summed E-state index contributed by atoms with van der Waals surface area (Å²) >= 11 is 0.781. The van der Waals surface area contributed by atoms with E-state index >= 15 is 0 Å². The van der Waals surface area contributed by atoms with Crippen molar-refractivity contribution >= 4 is 15.2 Å². The third-order valence-electron chi connectivity index (χ3n) is 1.10. The standard InChI is InChI=1S/C5H11.CH3.Al.H2/c1-3-5-4-2;;;/h1,3-5H2,2H3;1H3;;1H. The SMILES string of the molecule is CCCC[CH2][Al][CH3].[HH]. The summed E-state index contributed by atoms with van der Waals surface area (Å²) in [7, 11) is 0. The number of hydrogen-bond acceptors (Lipinski definition) is 0. The molecule has 43 valence electrons. The van der Waals surface area contributed by atoms with Gasteiger partial charge in [0.1, 0.15) is 0 Å². The Bertz CT molecular complexity index is 27.7. The molecule has 0 N–H and O–H groups in total. The van der Waals surface area contributed by atoms with Gasteiger partial charge in [-0.1, -0.05) is 26.2 Å². The van der Waals surface area contributed by atoms with Gasteiger partial charge in [0, 0.05) is 1.43 Å². The maximum Gasteiger partial charge on any atom is 0.195 e. The minimum atomic E-state index is 0. The van der Waals surface area contributed by atoms with Gasteiger partial charge < -0.3 is 0 Å². The summed E-state index contributed by atoms with van der Waals surface area (Å²) in [6.45, 7) is 2.25. The molecule has 0 aromatic rings. The lowest BCUT2D eigenvalue weighted by molar-refractivity contribution is 0.769. The van der Waals surface area contributed by atoms with Crippen molar-refractivity contribution in [1.82, 2.24) is 0 Å².